The molecule has 18 heavy (non-hydrogen) atoms. The molecule has 1 fully saturated rings. The van der Waals surface area contributed by atoms with Gasteiger partial charge in [-0.1, -0.05) is 12.1 Å². The molecule has 0 bridgehead atoms. The summed E-state index contributed by atoms with van der Waals surface area (Å²) in [6, 6.07) is 6.88. The molecule has 1 N–H and O–H groups in total. The van der Waals surface area contributed by atoms with E-state index < -0.39 is 0 Å². The van der Waals surface area contributed by atoms with Crippen molar-refractivity contribution in [3.63, 3.8) is 0 Å². The van der Waals surface area contributed by atoms with Crippen molar-refractivity contribution in [2.75, 3.05) is 38.5 Å². The number of nitrogens with one attached hydrogen (secondary N) is 1. The maximum atomic E-state index is 3.42. The average Bonchev–Trinajstić information content (AvgIpc) is 2.46. The molecule has 3 rings (SSSR count). The highest BCUT2D eigenvalue weighted by Crippen LogP contribution is 2.32. The van der Waals surface area contributed by atoms with Crippen LogP contribution in [-0.4, -0.2) is 43.4 Å². The normalized spacial score (nSPS) is 20.7. The number of thioether (sulfide) groups is 1. The summed E-state index contributed by atoms with van der Waals surface area (Å²) in [6.45, 7) is 5.96. The summed E-state index contributed by atoms with van der Waals surface area (Å²) >= 11 is 2.04. The number of nitrogens with zero attached hydrogens (tertiary/aromatic N) is 1. The monoisotopic (exact) mass is 262 g/mol. The van der Waals surface area contributed by atoms with Gasteiger partial charge in [-0.05, 0) is 42.2 Å². The Morgan fingerprint density at radius 2 is 2.11 bits per heavy atom. The lowest BCUT2D eigenvalue weighted by atomic mass is 10.00. The van der Waals surface area contributed by atoms with Gasteiger partial charge >= 0.3 is 0 Å². The zero-order chi connectivity index (χ0) is 12.2. The predicted octanol–water partition coefficient (Wildman–Crippen LogP) is 2.17. The van der Waals surface area contributed by atoms with Crippen molar-refractivity contribution in [2.24, 2.45) is 0 Å². The van der Waals surface area contributed by atoms with Crippen LogP contribution in [0.25, 0.3) is 0 Å². The summed E-state index contributed by atoms with van der Waals surface area (Å²) in [5.74, 6) is 1.30. The van der Waals surface area contributed by atoms with Gasteiger partial charge in [-0.25, -0.2) is 0 Å². The van der Waals surface area contributed by atoms with Crippen LogP contribution in [0.3, 0.4) is 0 Å². The van der Waals surface area contributed by atoms with Gasteiger partial charge in [0, 0.05) is 37.6 Å². The molecule has 0 atom stereocenters. The molecule has 2 heterocycles. The number of hydrogen-bond acceptors (Lipinski definition) is 3. The third-order valence-corrected chi connectivity index (χ3v) is 5.15. The number of hydrogen-bond donors (Lipinski definition) is 1. The van der Waals surface area contributed by atoms with Crippen molar-refractivity contribution in [3.05, 3.63) is 29.3 Å². The summed E-state index contributed by atoms with van der Waals surface area (Å²) in [4.78, 5) is 4.13. The van der Waals surface area contributed by atoms with Crippen LogP contribution in [0.2, 0.25) is 0 Å². The molecule has 1 saturated heterocycles. The standard InChI is InChI=1S/C15H22N2S/c1-3-13(6-9-17-10-7-16-8-11-17)14-4-2-12-18-15(14)5-1/h1,3,5,16H,2,4,6-12H2. The van der Waals surface area contributed by atoms with E-state index in [-0.39, 0.29) is 0 Å². The quantitative estimate of drug-likeness (QED) is 0.899. The largest absolute Gasteiger partial charge is 0.314 e. The molecular formula is C15H22N2S. The molecule has 98 valence electrons. The summed E-state index contributed by atoms with van der Waals surface area (Å²) in [7, 11) is 0. The van der Waals surface area contributed by atoms with Gasteiger partial charge < -0.3 is 10.2 Å². The van der Waals surface area contributed by atoms with E-state index in [1.54, 1.807) is 16.0 Å². The van der Waals surface area contributed by atoms with E-state index in [1.807, 2.05) is 11.8 Å². The van der Waals surface area contributed by atoms with Crippen LogP contribution >= 0.6 is 11.8 Å². The van der Waals surface area contributed by atoms with Crippen molar-refractivity contribution in [1.29, 1.82) is 0 Å². The Kier molecular flexibility index (Phi) is 4.24. The van der Waals surface area contributed by atoms with Crippen molar-refractivity contribution in [1.82, 2.24) is 10.2 Å². The molecule has 0 radical (unpaired) electrons. The van der Waals surface area contributed by atoms with Crippen LogP contribution in [0.15, 0.2) is 23.1 Å². The Bertz CT molecular complexity index is 399. The fourth-order valence-electron chi connectivity index (χ4n) is 2.91. The van der Waals surface area contributed by atoms with E-state index in [9.17, 15) is 0 Å². The second kappa shape index (κ2) is 6.09. The van der Waals surface area contributed by atoms with Crippen molar-refractivity contribution < 1.29 is 0 Å². The lowest BCUT2D eigenvalue weighted by molar-refractivity contribution is 0.243. The van der Waals surface area contributed by atoms with Gasteiger partial charge in [-0.2, -0.15) is 0 Å². The zero-order valence-electron chi connectivity index (χ0n) is 11.0. The van der Waals surface area contributed by atoms with E-state index in [4.69, 9.17) is 0 Å². The average molecular weight is 262 g/mol. The maximum absolute atomic E-state index is 3.42. The lowest BCUT2D eigenvalue weighted by Gasteiger charge is -2.28. The van der Waals surface area contributed by atoms with Gasteiger partial charge in [0.2, 0.25) is 0 Å². The second-order valence-corrected chi connectivity index (χ2v) is 6.32. The minimum absolute atomic E-state index is 1.16. The first-order valence-corrected chi connectivity index (χ1v) is 8.09. The van der Waals surface area contributed by atoms with Crippen LogP contribution in [0.5, 0.6) is 0 Å². The SMILES string of the molecule is c1cc(CCN2CCNCC2)c2c(c1)SCCC2. The maximum Gasteiger partial charge on any atom is 0.0108 e. The Morgan fingerprint density at radius 3 is 3.00 bits per heavy atom. The summed E-state index contributed by atoms with van der Waals surface area (Å²) in [5, 5.41) is 3.42. The smallest absolute Gasteiger partial charge is 0.0108 e. The molecule has 0 saturated carbocycles. The zero-order valence-corrected chi connectivity index (χ0v) is 11.8. The first-order chi connectivity index (χ1) is 8.93. The summed E-state index contributed by atoms with van der Waals surface area (Å²) in [5.41, 5.74) is 3.24. The van der Waals surface area contributed by atoms with Crippen LogP contribution in [-0.2, 0) is 12.8 Å². The Balaban J connectivity index is 1.65. The Labute approximate surface area is 114 Å². The second-order valence-electron chi connectivity index (χ2n) is 5.19. The van der Waals surface area contributed by atoms with E-state index in [1.165, 1.54) is 44.6 Å². The highest BCUT2D eigenvalue weighted by Gasteiger charge is 2.14. The van der Waals surface area contributed by atoms with Gasteiger partial charge in [0.15, 0.2) is 0 Å². The van der Waals surface area contributed by atoms with Gasteiger partial charge in [0.25, 0.3) is 0 Å². The number of rotatable bonds is 3. The van der Waals surface area contributed by atoms with E-state index in [0.717, 1.165) is 13.1 Å². The van der Waals surface area contributed by atoms with Gasteiger partial charge in [0.1, 0.15) is 0 Å². The predicted molar refractivity (Wildman–Crippen MR) is 78.5 cm³/mol. The number of piperazine rings is 1. The molecule has 0 amide bonds. The van der Waals surface area contributed by atoms with Crippen LogP contribution in [0.4, 0.5) is 0 Å². The highest BCUT2D eigenvalue weighted by molar-refractivity contribution is 7.99. The molecule has 2 nitrogen and oxygen atoms in total. The molecule has 2 aliphatic heterocycles. The van der Waals surface area contributed by atoms with Gasteiger partial charge in [-0.15, -0.1) is 11.8 Å². The van der Waals surface area contributed by atoms with Crippen LogP contribution in [0, 0.1) is 0 Å². The molecule has 0 aromatic heterocycles. The molecule has 1 aromatic carbocycles. The number of benzene rings is 1. The topological polar surface area (TPSA) is 15.3 Å². The lowest BCUT2D eigenvalue weighted by Crippen LogP contribution is -2.44. The van der Waals surface area contributed by atoms with Gasteiger partial charge in [-0.3, -0.25) is 0 Å². The van der Waals surface area contributed by atoms with Crippen molar-refractivity contribution >= 4 is 11.8 Å². The number of fused-ring (bicyclic) bond motifs is 1. The van der Waals surface area contributed by atoms with E-state index in [2.05, 4.69) is 28.4 Å². The third kappa shape index (κ3) is 2.90. The van der Waals surface area contributed by atoms with Gasteiger partial charge in [0.05, 0.1) is 0 Å². The van der Waals surface area contributed by atoms with E-state index >= 15 is 0 Å². The minimum atomic E-state index is 1.16. The van der Waals surface area contributed by atoms with E-state index in [0.29, 0.717) is 0 Å². The molecule has 3 heteroatoms. The molecule has 0 spiro atoms. The molecule has 2 aliphatic rings. The van der Waals surface area contributed by atoms with Crippen molar-refractivity contribution in [3.8, 4) is 0 Å². The molecular weight excluding hydrogens is 240 g/mol. The summed E-state index contributed by atoms with van der Waals surface area (Å²) < 4.78 is 0. The van der Waals surface area contributed by atoms with Crippen LogP contribution < -0.4 is 5.32 Å². The van der Waals surface area contributed by atoms with Crippen molar-refractivity contribution in [2.45, 2.75) is 24.2 Å². The first-order valence-electron chi connectivity index (χ1n) is 7.10. The fraction of sp³-hybridized carbons (Fsp3) is 0.600. The van der Waals surface area contributed by atoms with Crippen LogP contribution in [0.1, 0.15) is 17.5 Å². The highest BCUT2D eigenvalue weighted by atomic mass is 32.2. The molecule has 0 unspecified atom stereocenters. The third-order valence-electron chi connectivity index (χ3n) is 3.97. The molecule has 1 aromatic rings. The summed E-state index contributed by atoms with van der Waals surface area (Å²) in [6.07, 6.45) is 3.87. The minimum Gasteiger partial charge on any atom is -0.314 e. The fourth-order valence-corrected chi connectivity index (χ4v) is 4.00. The molecule has 0 aliphatic carbocycles. The Hall–Kier alpha value is -0.510. The Morgan fingerprint density at radius 1 is 1.22 bits per heavy atom. The first kappa shape index (κ1) is 12.5.